The van der Waals surface area contributed by atoms with Gasteiger partial charge in [0.15, 0.2) is 0 Å². The first-order valence-corrected chi connectivity index (χ1v) is 10.7. The smallest absolute Gasteiger partial charge is 0.248 e. The standard InChI is InChI=1S/C18H24N4O2S2/c1-9(2)16-19-17(25-8-14(24)22-21-11(4)23)15-12-6-5-10(3)7-13(12)26-18(15)20-16/h9-10H,5-8H2,1-4H3,(H,21,23)(H,22,24). The maximum absolute atomic E-state index is 12.0. The second-order valence-electron chi connectivity index (χ2n) is 7.09. The maximum Gasteiger partial charge on any atom is 0.248 e. The van der Waals surface area contributed by atoms with Crippen LogP contribution >= 0.6 is 23.1 Å². The minimum Gasteiger partial charge on any atom is -0.274 e. The molecular weight excluding hydrogens is 368 g/mol. The van der Waals surface area contributed by atoms with Crippen LogP contribution in [0.15, 0.2) is 5.03 Å². The second-order valence-corrected chi connectivity index (χ2v) is 9.14. The van der Waals surface area contributed by atoms with Gasteiger partial charge in [-0.2, -0.15) is 0 Å². The van der Waals surface area contributed by atoms with Gasteiger partial charge in [-0.25, -0.2) is 9.97 Å². The van der Waals surface area contributed by atoms with Crippen LogP contribution in [0.1, 0.15) is 56.3 Å². The van der Waals surface area contributed by atoms with E-state index in [0.717, 1.165) is 33.9 Å². The maximum atomic E-state index is 12.0. The number of aromatic nitrogens is 2. The van der Waals surface area contributed by atoms with Gasteiger partial charge in [-0.15, -0.1) is 11.3 Å². The first kappa shape index (κ1) is 19.1. The quantitative estimate of drug-likeness (QED) is 0.474. The van der Waals surface area contributed by atoms with E-state index in [-0.39, 0.29) is 23.5 Å². The van der Waals surface area contributed by atoms with Crippen molar-refractivity contribution in [2.45, 2.75) is 57.9 Å². The third-order valence-corrected chi connectivity index (χ3v) is 6.50. The Morgan fingerprint density at radius 1 is 1.31 bits per heavy atom. The molecule has 6 nitrogen and oxygen atoms in total. The first-order chi connectivity index (χ1) is 12.3. The molecule has 1 aliphatic carbocycles. The zero-order chi connectivity index (χ0) is 18.8. The fourth-order valence-electron chi connectivity index (χ4n) is 3.02. The number of carbonyl (C=O) groups is 2. The van der Waals surface area contributed by atoms with Gasteiger partial charge >= 0.3 is 0 Å². The first-order valence-electron chi connectivity index (χ1n) is 8.85. The Kier molecular flexibility index (Phi) is 5.82. The van der Waals surface area contributed by atoms with E-state index in [0.29, 0.717) is 5.92 Å². The normalized spacial score (nSPS) is 16.6. The number of nitrogens with one attached hydrogen (secondary N) is 2. The lowest BCUT2D eigenvalue weighted by molar-refractivity contribution is -0.126. The lowest BCUT2D eigenvalue weighted by atomic mass is 9.89. The zero-order valence-corrected chi connectivity index (χ0v) is 17.1. The van der Waals surface area contributed by atoms with Crippen molar-refractivity contribution in [1.29, 1.82) is 0 Å². The van der Waals surface area contributed by atoms with Crippen LogP contribution in [0.4, 0.5) is 0 Å². The van der Waals surface area contributed by atoms with Gasteiger partial charge in [-0.05, 0) is 30.7 Å². The lowest BCUT2D eigenvalue weighted by Gasteiger charge is -2.18. The summed E-state index contributed by atoms with van der Waals surface area (Å²) in [5, 5.41) is 2.00. The highest BCUT2D eigenvalue weighted by molar-refractivity contribution is 8.00. The van der Waals surface area contributed by atoms with Crippen molar-refractivity contribution in [3.8, 4) is 0 Å². The second kappa shape index (κ2) is 7.92. The summed E-state index contributed by atoms with van der Waals surface area (Å²) >= 11 is 3.19. The SMILES string of the molecule is CC(=O)NNC(=O)CSc1nc(C(C)C)nc2sc3c(c12)CCC(C)C3. The summed E-state index contributed by atoms with van der Waals surface area (Å²) in [6, 6.07) is 0. The molecule has 2 aromatic heterocycles. The van der Waals surface area contributed by atoms with Crippen LogP contribution in [0.3, 0.4) is 0 Å². The number of hydrogen-bond donors (Lipinski definition) is 2. The van der Waals surface area contributed by atoms with E-state index < -0.39 is 0 Å². The summed E-state index contributed by atoms with van der Waals surface area (Å²) in [7, 11) is 0. The molecule has 0 spiro atoms. The molecule has 2 N–H and O–H groups in total. The molecule has 0 aromatic carbocycles. The molecule has 1 aliphatic rings. The number of nitrogens with zero attached hydrogens (tertiary/aromatic N) is 2. The molecule has 2 heterocycles. The Labute approximate surface area is 161 Å². The van der Waals surface area contributed by atoms with E-state index >= 15 is 0 Å². The van der Waals surface area contributed by atoms with Gasteiger partial charge in [0.2, 0.25) is 11.8 Å². The predicted molar refractivity (Wildman–Crippen MR) is 105 cm³/mol. The van der Waals surface area contributed by atoms with Crippen LogP contribution in [0.25, 0.3) is 10.2 Å². The molecule has 0 bridgehead atoms. The largest absolute Gasteiger partial charge is 0.274 e. The van der Waals surface area contributed by atoms with Crippen LogP contribution in [-0.4, -0.2) is 27.5 Å². The molecule has 26 heavy (non-hydrogen) atoms. The van der Waals surface area contributed by atoms with Gasteiger partial charge in [-0.1, -0.05) is 32.5 Å². The van der Waals surface area contributed by atoms with E-state index in [9.17, 15) is 9.59 Å². The van der Waals surface area contributed by atoms with Gasteiger partial charge in [-0.3, -0.25) is 20.4 Å². The van der Waals surface area contributed by atoms with Gasteiger partial charge in [0.1, 0.15) is 15.7 Å². The molecule has 2 amide bonds. The molecule has 0 aliphatic heterocycles. The average molecular weight is 393 g/mol. The number of rotatable bonds is 4. The third-order valence-electron chi connectivity index (χ3n) is 4.37. The number of aryl methyl sites for hydroxylation is 1. The minimum absolute atomic E-state index is 0.199. The Morgan fingerprint density at radius 3 is 2.77 bits per heavy atom. The summed E-state index contributed by atoms with van der Waals surface area (Å²) in [6.07, 6.45) is 3.32. The third kappa shape index (κ3) is 4.17. The van der Waals surface area contributed by atoms with E-state index in [1.54, 1.807) is 11.3 Å². The van der Waals surface area contributed by atoms with E-state index in [1.165, 1.54) is 35.5 Å². The number of fused-ring (bicyclic) bond motifs is 3. The predicted octanol–water partition coefficient (Wildman–Crippen LogP) is 3.20. The molecule has 8 heteroatoms. The molecule has 3 rings (SSSR count). The number of carbonyl (C=O) groups excluding carboxylic acids is 2. The number of hydrazine groups is 1. The van der Waals surface area contributed by atoms with Crippen molar-refractivity contribution < 1.29 is 9.59 Å². The Balaban J connectivity index is 1.91. The highest BCUT2D eigenvalue weighted by Crippen LogP contribution is 2.41. The van der Waals surface area contributed by atoms with Crippen LogP contribution in [-0.2, 0) is 22.4 Å². The van der Waals surface area contributed by atoms with Crippen LogP contribution < -0.4 is 10.9 Å². The topological polar surface area (TPSA) is 84.0 Å². The summed E-state index contributed by atoms with van der Waals surface area (Å²) in [4.78, 5) is 34.9. The van der Waals surface area contributed by atoms with E-state index in [4.69, 9.17) is 9.97 Å². The van der Waals surface area contributed by atoms with Crippen molar-refractivity contribution in [1.82, 2.24) is 20.8 Å². The highest BCUT2D eigenvalue weighted by atomic mass is 32.2. The Bertz CT molecular complexity index is 847. The van der Waals surface area contributed by atoms with E-state index in [2.05, 4.69) is 31.6 Å². The molecule has 140 valence electrons. The van der Waals surface area contributed by atoms with Gasteiger partial charge in [0.05, 0.1) is 5.75 Å². The Hall–Kier alpha value is -1.67. The molecular formula is C18H24N4O2S2. The van der Waals surface area contributed by atoms with Crippen molar-refractivity contribution in [2.24, 2.45) is 5.92 Å². The van der Waals surface area contributed by atoms with Crippen molar-refractivity contribution in [3.63, 3.8) is 0 Å². The summed E-state index contributed by atoms with van der Waals surface area (Å²) in [6.45, 7) is 7.80. The monoisotopic (exact) mass is 392 g/mol. The van der Waals surface area contributed by atoms with Crippen LogP contribution in [0, 0.1) is 5.92 Å². The highest BCUT2D eigenvalue weighted by Gasteiger charge is 2.24. The molecule has 1 atom stereocenters. The number of thioether (sulfide) groups is 1. The van der Waals surface area contributed by atoms with E-state index in [1.807, 2.05) is 0 Å². The molecule has 0 saturated heterocycles. The zero-order valence-electron chi connectivity index (χ0n) is 15.5. The summed E-state index contributed by atoms with van der Waals surface area (Å²) in [5.41, 5.74) is 6.08. The number of amides is 2. The fraction of sp³-hybridized carbons (Fsp3) is 0.556. The molecule has 0 saturated carbocycles. The minimum atomic E-state index is -0.295. The fourth-order valence-corrected chi connectivity index (χ4v) is 5.33. The van der Waals surface area contributed by atoms with Crippen LogP contribution in [0.5, 0.6) is 0 Å². The average Bonchev–Trinajstić information content (AvgIpc) is 2.94. The number of hydrogen-bond acceptors (Lipinski definition) is 6. The van der Waals surface area contributed by atoms with Gasteiger partial charge < -0.3 is 0 Å². The van der Waals surface area contributed by atoms with Crippen molar-refractivity contribution in [3.05, 3.63) is 16.3 Å². The molecule has 2 aromatic rings. The molecule has 0 fully saturated rings. The molecule has 1 unspecified atom stereocenters. The van der Waals surface area contributed by atoms with Crippen LogP contribution in [0.2, 0.25) is 0 Å². The number of thiophene rings is 1. The summed E-state index contributed by atoms with van der Waals surface area (Å²) < 4.78 is 0. The van der Waals surface area contributed by atoms with Crippen molar-refractivity contribution in [2.75, 3.05) is 5.75 Å². The molecule has 0 radical (unpaired) electrons. The summed E-state index contributed by atoms with van der Waals surface area (Å²) in [5.74, 6) is 1.40. The van der Waals surface area contributed by atoms with Gasteiger partial charge in [0, 0.05) is 23.1 Å². The Morgan fingerprint density at radius 2 is 2.08 bits per heavy atom. The van der Waals surface area contributed by atoms with Crippen molar-refractivity contribution >= 4 is 45.1 Å². The lowest BCUT2D eigenvalue weighted by Crippen LogP contribution is -2.41. The van der Waals surface area contributed by atoms with Gasteiger partial charge in [0.25, 0.3) is 0 Å².